The van der Waals surface area contributed by atoms with Crippen LogP contribution in [0.3, 0.4) is 0 Å². The highest BCUT2D eigenvalue weighted by Gasteiger charge is 2.44. The summed E-state index contributed by atoms with van der Waals surface area (Å²) in [6.07, 6.45) is 4.87. The van der Waals surface area contributed by atoms with Crippen molar-refractivity contribution in [2.24, 2.45) is 0 Å². The third kappa shape index (κ3) is 1.21. The molecule has 1 saturated heterocycles. The first-order valence-electron chi connectivity index (χ1n) is 5.98. The fraction of sp³-hybridized carbons (Fsp3) is 0.692. The van der Waals surface area contributed by atoms with E-state index in [0.717, 1.165) is 12.1 Å². The van der Waals surface area contributed by atoms with Gasteiger partial charge in [0.25, 0.3) is 0 Å². The van der Waals surface area contributed by atoms with Crippen molar-refractivity contribution in [3.63, 3.8) is 0 Å². The Morgan fingerprint density at radius 1 is 1.40 bits per heavy atom. The van der Waals surface area contributed by atoms with E-state index in [1.165, 1.54) is 19.4 Å². The molecule has 0 aromatic carbocycles. The van der Waals surface area contributed by atoms with Crippen molar-refractivity contribution >= 4 is 0 Å². The summed E-state index contributed by atoms with van der Waals surface area (Å²) in [6, 6.07) is 5.97. The molecule has 3 heterocycles. The van der Waals surface area contributed by atoms with Crippen LogP contribution < -0.4 is 0 Å². The Morgan fingerprint density at radius 3 is 3.00 bits per heavy atom. The van der Waals surface area contributed by atoms with Gasteiger partial charge in [-0.25, -0.2) is 0 Å². The van der Waals surface area contributed by atoms with E-state index in [4.69, 9.17) is 0 Å². The molecule has 1 fully saturated rings. The summed E-state index contributed by atoms with van der Waals surface area (Å²) in [5.41, 5.74) is 1.97. The second kappa shape index (κ2) is 2.88. The molecule has 3 atom stereocenters. The number of nitrogens with zero attached hydrogens (tertiary/aromatic N) is 2. The van der Waals surface area contributed by atoms with Crippen LogP contribution in [0.4, 0.5) is 0 Å². The van der Waals surface area contributed by atoms with Gasteiger partial charge in [0.05, 0.1) is 0 Å². The molecule has 2 aliphatic heterocycles. The normalized spacial score (nSPS) is 40.2. The summed E-state index contributed by atoms with van der Waals surface area (Å²) in [4.78, 5) is 2.56. The van der Waals surface area contributed by atoms with Gasteiger partial charge in [-0.2, -0.15) is 0 Å². The van der Waals surface area contributed by atoms with Crippen LogP contribution >= 0.6 is 0 Å². The lowest BCUT2D eigenvalue weighted by molar-refractivity contribution is 0.0426. The molecule has 2 bridgehead atoms. The maximum atomic E-state index is 2.56. The van der Waals surface area contributed by atoms with Crippen LogP contribution in [-0.4, -0.2) is 28.6 Å². The number of fused-ring (bicyclic) bond motifs is 4. The molecule has 2 nitrogen and oxygen atoms in total. The predicted octanol–water partition coefficient (Wildman–Crippen LogP) is 2.24. The second-order valence-corrected chi connectivity index (χ2v) is 5.68. The van der Waals surface area contributed by atoms with Gasteiger partial charge in [-0.3, -0.25) is 4.90 Å². The molecule has 2 aliphatic rings. The minimum absolute atomic E-state index is 0.415. The Balaban J connectivity index is 2.08. The van der Waals surface area contributed by atoms with E-state index in [1.807, 2.05) is 0 Å². The quantitative estimate of drug-likeness (QED) is 0.629. The molecule has 0 radical (unpaired) electrons. The van der Waals surface area contributed by atoms with Crippen molar-refractivity contribution in [1.82, 2.24) is 9.47 Å². The van der Waals surface area contributed by atoms with Crippen LogP contribution in [-0.2, 0) is 12.0 Å². The zero-order chi connectivity index (χ0) is 10.6. The van der Waals surface area contributed by atoms with Crippen LogP contribution in [0.5, 0.6) is 0 Å². The molecule has 1 aromatic rings. The maximum absolute atomic E-state index is 2.56. The third-order valence-corrected chi connectivity index (χ3v) is 4.56. The number of aromatic nitrogens is 1. The van der Waals surface area contributed by atoms with Gasteiger partial charge in [-0.1, -0.05) is 6.92 Å². The van der Waals surface area contributed by atoms with Gasteiger partial charge in [0, 0.05) is 35.9 Å². The molecule has 2 heteroatoms. The van der Waals surface area contributed by atoms with Gasteiger partial charge >= 0.3 is 0 Å². The van der Waals surface area contributed by atoms with Crippen molar-refractivity contribution < 1.29 is 0 Å². The molecule has 0 aliphatic carbocycles. The van der Waals surface area contributed by atoms with Crippen LogP contribution in [0.2, 0.25) is 0 Å². The van der Waals surface area contributed by atoms with E-state index >= 15 is 0 Å². The summed E-state index contributed by atoms with van der Waals surface area (Å²) in [6.45, 7) is 5.98. The smallest absolute Gasteiger partial charge is 0.0379 e. The highest BCUT2D eigenvalue weighted by Crippen LogP contribution is 2.43. The fourth-order valence-electron chi connectivity index (χ4n) is 3.65. The molecule has 15 heavy (non-hydrogen) atoms. The van der Waals surface area contributed by atoms with Crippen molar-refractivity contribution in [2.75, 3.05) is 7.05 Å². The Morgan fingerprint density at radius 2 is 2.20 bits per heavy atom. The minimum Gasteiger partial charge on any atom is -0.349 e. The van der Waals surface area contributed by atoms with Crippen LogP contribution in [0.25, 0.3) is 0 Å². The van der Waals surface area contributed by atoms with Crippen LogP contribution in [0.1, 0.15) is 32.4 Å². The van der Waals surface area contributed by atoms with Gasteiger partial charge in [-0.05, 0) is 38.9 Å². The second-order valence-electron chi connectivity index (χ2n) is 5.68. The maximum Gasteiger partial charge on any atom is 0.0379 e. The first-order valence-corrected chi connectivity index (χ1v) is 5.98. The zero-order valence-electron chi connectivity index (χ0n) is 9.90. The van der Waals surface area contributed by atoms with Crippen molar-refractivity contribution in [3.8, 4) is 0 Å². The molecule has 82 valence electrons. The summed E-state index contributed by atoms with van der Waals surface area (Å²) >= 11 is 0. The third-order valence-electron chi connectivity index (χ3n) is 4.56. The topological polar surface area (TPSA) is 8.17 Å². The fourth-order valence-corrected chi connectivity index (χ4v) is 3.65. The van der Waals surface area contributed by atoms with Gasteiger partial charge in [-0.15, -0.1) is 0 Å². The molecular weight excluding hydrogens is 184 g/mol. The van der Waals surface area contributed by atoms with Crippen molar-refractivity contribution in [1.29, 1.82) is 0 Å². The summed E-state index contributed by atoms with van der Waals surface area (Å²) in [5, 5.41) is 0. The summed E-state index contributed by atoms with van der Waals surface area (Å²) in [5.74, 6) is 0. The van der Waals surface area contributed by atoms with E-state index in [2.05, 4.69) is 48.7 Å². The number of hydrogen-bond donors (Lipinski definition) is 0. The Hall–Kier alpha value is -0.760. The standard InChI is InChI=1S/C13H20N2/c1-10-7-13(2)8-11(14(10)3)9-15-6-4-5-12(13)15/h4-6,10-11H,7-9H2,1-3H3/t10-,11-,13+/m0/s1. The van der Waals surface area contributed by atoms with E-state index in [0.29, 0.717) is 5.41 Å². The van der Waals surface area contributed by atoms with Gasteiger partial charge in [0.15, 0.2) is 0 Å². The van der Waals surface area contributed by atoms with Crippen LogP contribution in [0.15, 0.2) is 18.3 Å². The molecule has 0 unspecified atom stereocenters. The molecular formula is C13H20N2. The zero-order valence-corrected chi connectivity index (χ0v) is 9.90. The van der Waals surface area contributed by atoms with Gasteiger partial charge in [0.1, 0.15) is 0 Å². The Kier molecular flexibility index (Phi) is 1.82. The minimum atomic E-state index is 0.415. The molecule has 1 aromatic heterocycles. The molecule has 3 rings (SSSR count). The molecule has 0 N–H and O–H groups in total. The number of piperidine rings is 1. The Bertz CT molecular complexity index is 382. The van der Waals surface area contributed by atoms with Gasteiger partial charge < -0.3 is 4.57 Å². The number of rotatable bonds is 0. The highest BCUT2D eigenvalue weighted by molar-refractivity contribution is 5.24. The summed E-state index contributed by atoms with van der Waals surface area (Å²) in [7, 11) is 2.28. The van der Waals surface area contributed by atoms with Gasteiger partial charge in [0.2, 0.25) is 0 Å². The van der Waals surface area contributed by atoms with E-state index < -0.39 is 0 Å². The average Bonchev–Trinajstić information content (AvgIpc) is 2.63. The van der Waals surface area contributed by atoms with E-state index in [1.54, 1.807) is 5.69 Å². The highest BCUT2D eigenvalue weighted by atomic mass is 15.2. The first-order chi connectivity index (χ1) is 7.10. The predicted molar refractivity (Wildman–Crippen MR) is 62.0 cm³/mol. The van der Waals surface area contributed by atoms with Crippen molar-refractivity contribution in [3.05, 3.63) is 24.0 Å². The SMILES string of the molecule is C[C@H]1C[C@]2(C)C[C@@H](Cn3cccc32)N1C. The Labute approximate surface area is 91.9 Å². The molecule has 0 spiro atoms. The molecule has 0 saturated carbocycles. The van der Waals surface area contributed by atoms with E-state index in [9.17, 15) is 0 Å². The van der Waals surface area contributed by atoms with Crippen molar-refractivity contribution in [2.45, 2.75) is 50.7 Å². The monoisotopic (exact) mass is 204 g/mol. The first kappa shape index (κ1) is 9.46. The largest absolute Gasteiger partial charge is 0.349 e. The molecule has 0 amide bonds. The average molecular weight is 204 g/mol. The lowest BCUT2D eigenvalue weighted by Gasteiger charge is -2.51. The van der Waals surface area contributed by atoms with Crippen LogP contribution in [0, 0.1) is 0 Å². The number of likely N-dealkylation sites (tertiary alicyclic amines) is 1. The lowest BCUT2D eigenvalue weighted by Crippen LogP contribution is -2.55. The van der Waals surface area contributed by atoms with E-state index in [-0.39, 0.29) is 0 Å². The number of likely N-dealkylation sites (N-methyl/N-ethyl adjacent to an activating group) is 1. The lowest BCUT2D eigenvalue weighted by atomic mass is 9.70. The number of hydrogen-bond acceptors (Lipinski definition) is 1. The summed E-state index contributed by atoms with van der Waals surface area (Å²) < 4.78 is 2.45.